The summed E-state index contributed by atoms with van der Waals surface area (Å²) in [5, 5.41) is 9.19. The van der Waals surface area contributed by atoms with Gasteiger partial charge in [0.15, 0.2) is 0 Å². The van der Waals surface area contributed by atoms with Gasteiger partial charge in [-0.25, -0.2) is 22.3 Å². The highest BCUT2D eigenvalue weighted by atomic mass is 32.2. The first-order valence-corrected chi connectivity index (χ1v) is 8.34. The lowest BCUT2D eigenvalue weighted by Gasteiger charge is -2.12. The fraction of sp³-hybridized carbons (Fsp3) is 0.188. The number of halogens is 1. The largest absolute Gasteiger partial charge is 0.478 e. The van der Waals surface area contributed by atoms with E-state index in [0.717, 1.165) is 6.07 Å². The van der Waals surface area contributed by atoms with Crippen LogP contribution in [0.25, 0.3) is 11.1 Å². The molecule has 2 N–H and O–H groups in total. The van der Waals surface area contributed by atoms with E-state index in [0.29, 0.717) is 11.1 Å². The van der Waals surface area contributed by atoms with Crippen molar-refractivity contribution in [1.82, 2.24) is 4.72 Å². The molecule has 0 atom stereocenters. The van der Waals surface area contributed by atoms with Crippen LogP contribution in [0.1, 0.15) is 24.2 Å². The number of sulfonamides is 1. The number of carboxylic acid groups (broad SMARTS) is 1. The van der Waals surface area contributed by atoms with E-state index in [9.17, 15) is 22.7 Å². The molecular formula is C16H16FNO4S. The van der Waals surface area contributed by atoms with Crippen molar-refractivity contribution in [3.8, 4) is 11.1 Å². The van der Waals surface area contributed by atoms with Gasteiger partial charge in [-0.2, -0.15) is 0 Å². The van der Waals surface area contributed by atoms with Crippen LogP contribution in [-0.2, 0) is 10.0 Å². The van der Waals surface area contributed by atoms with Crippen LogP contribution in [0, 0.1) is 5.82 Å². The maximum absolute atomic E-state index is 13.4. The Hall–Kier alpha value is -2.25. The molecule has 0 unspecified atom stereocenters. The molecule has 0 aliphatic rings. The Balaban J connectivity index is 2.63. The zero-order valence-electron chi connectivity index (χ0n) is 12.6. The third-order valence-electron chi connectivity index (χ3n) is 3.01. The Morgan fingerprint density at radius 2 is 1.83 bits per heavy atom. The van der Waals surface area contributed by atoms with Crippen molar-refractivity contribution in [1.29, 1.82) is 0 Å². The highest BCUT2D eigenvalue weighted by Gasteiger charge is 2.19. The standard InChI is InChI=1S/C16H16FNO4S/c1-10(2)18-23(21,22)15-8-12(6-13(9-15)16(19)20)11-4-3-5-14(17)7-11/h3-10,18H,1-2H3,(H,19,20). The van der Waals surface area contributed by atoms with Gasteiger partial charge in [-0.1, -0.05) is 12.1 Å². The van der Waals surface area contributed by atoms with E-state index in [1.165, 1.54) is 30.3 Å². The lowest BCUT2D eigenvalue weighted by Crippen LogP contribution is -2.30. The van der Waals surface area contributed by atoms with Gasteiger partial charge in [0.25, 0.3) is 0 Å². The van der Waals surface area contributed by atoms with E-state index in [4.69, 9.17) is 0 Å². The van der Waals surface area contributed by atoms with Gasteiger partial charge in [-0.15, -0.1) is 0 Å². The Labute approximate surface area is 133 Å². The molecule has 0 fully saturated rings. The summed E-state index contributed by atoms with van der Waals surface area (Å²) in [6.07, 6.45) is 0. The molecule has 2 aromatic carbocycles. The minimum absolute atomic E-state index is 0.176. The molecule has 0 aliphatic carbocycles. The van der Waals surface area contributed by atoms with E-state index < -0.39 is 21.8 Å². The van der Waals surface area contributed by atoms with E-state index in [1.54, 1.807) is 19.9 Å². The molecule has 0 saturated heterocycles. The lowest BCUT2D eigenvalue weighted by atomic mass is 10.0. The molecule has 5 nitrogen and oxygen atoms in total. The molecule has 0 aromatic heterocycles. The fourth-order valence-corrected chi connectivity index (χ4v) is 3.41. The molecule has 0 bridgehead atoms. The van der Waals surface area contributed by atoms with Crippen molar-refractivity contribution < 1.29 is 22.7 Å². The number of benzene rings is 2. The summed E-state index contributed by atoms with van der Waals surface area (Å²) in [5.74, 6) is -1.75. The molecule has 2 aromatic rings. The van der Waals surface area contributed by atoms with Crippen molar-refractivity contribution in [3.05, 3.63) is 53.8 Å². The van der Waals surface area contributed by atoms with Crippen LogP contribution in [0.2, 0.25) is 0 Å². The second-order valence-corrected chi connectivity index (χ2v) is 7.05. The SMILES string of the molecule is CC(C)NS(=O)(=O)c1cc(C(=O)O)cc(-c2cccc(F)c2)c1. The van der Waals surface area contributed by atoms with Crippen LogP contribution in [0.5, 0.6) is 0 Å². The maximum atomic E-state index is 13.4. The molecule has 0 saturated carbocycles. The summed E-state index contributed by atoms with van der Waals surface area (Å²) in [6.45, 7) is 3.32. The van der Waals surface area contributed by atoms with E-state index >= 15 is 0 Å². The quantitative estimate of drug-likeness (QED) is 0.879. The van der Waals surface area contributed by atoms with Crippen LogP contribution in [0.4, 0.5) is 4.39 Å². The summed E-state index contributed by atoms with van der Waals surface area (Å²) < 4.78 is 40.3. The first-order valence-electron chi connectivity index (χ1n) is 6.86. The van der Waals surface area contributed by atoms with Crippen LogP contribution >= 0.6 is 0 Å². The topological polar surface area (TPSA) is 83.5 Å². The number of aromatic carboxylic acids is 1. The fourth-order valence-electron chi connectivity index (χ4n) is 2.09. The number of rotatable bonds is 5. The minimum atomic E-state index is -3.86. The average Bonchev–Trinajstić information content (AvgIpc) is 2.45. The Morgan fingerprint density at radius 1 is 1.13 bits per heavy atom. The van der Waals surface area contributed by atoms with Crippen LogP contribution in [-0.4, -0.2) is 25.5 Å². The Kier molecular flexibility index (Phi) is 4.82. The molecule has 0 radical (unpaired) electrons. The summed E-state index contributed by atoms with van der Waals surface area (Å²) in [4.78, 5) is 11.1. The molecule has 23 heavy (non-hydrogen) atoms. The number of hydrogen-bond donors (Lipinski definition) is 2. The van der Waals surface area contributed by atoms with Crippen LogP contribution in [0.15, 0.2) is 47.4 Å². The van der Waals surface area contributed by atoms with Crippen LogP contribution in [0.3, 0.4) is 0 Å². The van der Waals surface area contributed by atoms with Gasteiger partial charge in [-0.05, 0) is 55.3 Å². The Morgan fingerprint density at radius 3 is 2.39 bits per heavy atom. The van der Waals surface area contributed by atoms with Gasteiger partial charge in [0.05, 0.1) is 10.5 Å². The second kappa shape index (κ2) is 6.47. The zero-order chi connectivity index (χ0) is 17.2. The molecule has 122 valence electrons. The molecule has 7 heteroatoms. The van der Waals surface area contributed by atoms with Gasteiger partial charge in [-0.3, -0.25) is 0 Å². The highest BCUT2D eigenvalue weighted by Crippen LogP contribution is 2.25. The number of hydrogen-bond acceptors (Lipinski definition) is 3. The molecule has 0 heterocycles. The highest BCUT2D eigenvalue weighted by molar-refractivity contribution is 7.89. The molecule has 0 aliphatic heterocycles. The lowest BCUT2D eigenvalue weighted by molar-refractivity contribution is 0.0696. The van der Waals surface area contributed by atoms with Crippen LogP contribution < -0.4 is 4.72 Å². The van der Waals surface area contributed by atoms with Gasteiger partial charge in [0.1, 0.15) is 5.82 Å². The first-order chi connectivity index (χ1) is 10.7. The summed E-state index contributed by atoms with van der Waals surface area (Å²) in [7, 11) is -3.86. The van der Waals surface area contributed by atoms with E-state index in [2.05, 4.69) is 4.72 Å². The summed E-state index contributed by atoms with van der Waals surface area (Å²) in [5.41, 5.74) is 0.526. The third kappa shape index (κ3) is 4.14. The van der Waals surface area contributed by atoms with Gasteiger partial charge < -0.3 is 5.11 Å². The maximum Gasteiger partial charge on any atom is 0.335 e. The minimum Gasteiger partial charge on any atom is -0.478 e. The van der Waals surface area contributed by atoms with Gasteiger partial charge in [0.2, 0.25) is 10.0 Å². The first kappa shape index (κ1) is 17.1. The molecule has 0 spiro atoms. The Bertz CT molecular complexity index is 847. The van der Waals surface area contributed by atoms with Crippen molar-refractivity contribution >= 4 is 16.0 Å². The van der Waals surface area contributed by atoms with E-state index in [-0.39, 0.29) is 16.5 Å². The average molecular weight is 337 g/mol. The van der Waals surface area contributed by atoms with Crippen molar-refractivity contribution in [2.45, 2.75) is 24.8 Å². The molecule has 2 rings (SSSR count). The third-order valence-corrected chi connectivity index (χ3v) is 4.65. The smallest absolute Gasteiger partial charge is 0.335 e. The number of nitrogens with one attached hydrogen (secondary N) is 1. The molecule has 0 amide bonds. The van der Waals surface area contributed by atoms with Crippen molar-refractivity contribution in [2.24, 2.45) is 0 Å². The number of carbonyl (C=O) groups is 1. The number of carboxylic acids is 1. The van der Waals surface area contributed by atoms with Crippen molar-refractivity contribution in [3.63, 3.8) is 0 Å². The second-order valence-electron chi connectivity index (χ2n) is 5.34. The predicted molar refractivity (Wildman–Crippen MR) is 84.3 cm³/mol. The predicted octanol–water partition coefficient (Wildman–Crippen LogP) is 2.88. The van der Waals surface area contributed by atoms with Gasteiger partial charge >= 0.3 is 5.97 Å². The normalized spacial score (nSPS) is 11.7. The summed E-state index contributed by atoms with van der Waals surface area (Å²) >= 11 is 0. The zero-order valence-corrected chi connectivity index (χ0v) is 13.4. The van der Waals surface area contributed by atoms with Gasteiger partial charge in [0, 0.05) is 6.04 Å². The molecular weight excluding hydrogens is 321 g/mol. The monoisotopic (exact) mass is 337 g/mol. The van der Waals surface area contributed by atoms with Crippen molar-refractivity contribution in [2.75, 3.05) is 0 Å². The summed E-state index contributed by atoms with van der Waals surface area (Å²) in [6, 6.07) is 8.89. The van der Waals surface area contributed by atoms with E-state index in [1.807, 2.05) is 0 Å².